The monoisotopic (exact) mass is 187 g/mol. The van der Waals surface area contributed by atoms with E-state index in [9.17, 15) is 0 Å². The highest BCUT2D eigenvalue weighted by atomic mass is 16.5. The molecule has 0 aromatic rings. The molecule has 1 N–H and O–H groups in total. The van der Waals surface area contributed by atoms with E-state index in [1.165, 1.54) is 0 Å². The molecule has 2 heteroatoms. The molecule has 0 aromatic heterocycles. The van der Waals surface area contributed by atoms with Crippen molar-refractivity contribution in [2.24, 2.45) is 5.92 Å². The van der Waals surface area contributed by atoms with Crippen LogP contribution in [0.15, 0.2) is 0 Å². The van der Waals surface area contributed by atoms with Crippen molar-refractivity contribution in [3.05, 3.63) is 0 Å². The summed E-state index contributed by atoms with van der Waals surface area (Å²) in [5.74, 6) is 0.719. The Bertz CT molecular complexity index is 113. The summed E-state index contributed by atoms with van der Waals surface area (Å²) in [6, 6.07) is 0. The van der Waals surface area contributed by atoms with Crippen LogP contribution in [0.1, 0.15) is 41.0 Å². The van der Waals surface area contributed by atoms with Crippen molar-refractivity contribution in [1.29, 1.82) is 0 Å². The first kappa shape index (κ1) is 12.9. The predicted octanol–water partition coefficient (Wildman–Crippen LogP) is 2.44. The second-order valence-corrected chi connectivity index (χ2v) is 4.27. The zero-order valence-electron chi connectivity index (χ0n) is 9.76. The molecule has 0 bridgehead atoms. The Balaban J connectivity index is 3.48. The lowest BCUT2D eigenvalue weighted by Crippen LogP contribution is -2.32. The van der Waals surface area contributed by atoms with Crippen LogP contribution in [0.25, 0.3) is 0 Å². The van der Waals surface area contributed by atoms with E-state index in [0.29, 0.717) is 12.2 Å². The Morgan fingerprint density at radius 3 is 2.08 bits per heavy atom. The Labute approximate surface area is 83.1 Å². The van der Waals surface area contributed by atoms with Crippen molar-refractivity contribution in [1.82, 2.24) is 5.32 Å². The predicted molar refractivity (Wildman–Crippen MR) is 58.0 cm³/mol. The molecule has 80 valence electrons. The van der Waals surface area contributed by atoms with Gasteiger partial charge in [0.25, 0.3) is 0 Å². The first-order chi connectivity index (χ1) is 6.06. The maximum Gasteiger partial charge on any atom is 0.0700 e. The van der Waals surface area contributed by atoms with Gasteiger partial charge in [0, 0.05) is 6.54 Å². The molecule has 1 unspecified atom stereocenters. The Hall–Kier alpha value is -0.0800. The lowest BCUT2D eigenvalue weighted by molar-refractivity contribution is 0.00647. The molecular weight excluding hydrogens is 162 g/mol. The summed E-state index contributed by atoms with van der Waals surface area (Å²) in [7, 11) is 0. The van der Waals surface area contributed by atoms with E-state index < -0.39 is 0 Å². The minimum atomic E-state index is 0.339. The van der Waals surface area contributed by atoms with Crippen LogP contribution in [0.4, 0.5) is 0 Å². The molecule has 0 spiro atoms. The first-order valence-corrected chi connectivity index (χ1v) is 5.42. The van der Waals surface area contributed by atoms with Crippen LogP contribution < -0.4 is 5.32 Å². The zero-order chi connectivity index (χ0) is 10.3. The van der Waals surface area contributed by atoms with Gasteiger partial charge >= 0.3 is 0 Å². The fourth-order valence-corrected chi connectivity index (χ4v) is 1.21. The van der Waals surface area contributed by atoms with Gasteiger partial charge in [-0.15, -0.1) is 0 Å². The van der Waals surface area contributed by atoms with E-state index >= 15 is 0 Å². The molecule has 0 rings (SSSR count). The van der Waals surface area contributed by atoms with Crippen LogP contribution >= 0.6 is 0 Å². The van der Waals surface area contributed by atoms with Crippen LogP contribution in [0, 0.1) is 5.92 Å². The third kappa shape index (κ3) is 8.26. The lowest BCUT2D eigenvalue weighted by atomic mass is 10.2. The molecule has 2 nitrogen and oxygen atoms in total. The summed E-state index contributed by atoms with van der Waals surface area (Å²) in [6.07, 6.45) is 1.80. The largest absolute Gasteiger partial charge is 0.374 e. The quantitative estimate of drug-likeness (QED) is 0.661. The molecular formula is C11H25NO. The van der Waals surface area contributed by atoms with Crippen LogP contribution in [-0.2, 0) is 4.74 Å². The van der Waals surface area contributed by atoms with Gasteiger partial charge < -0.3 is 10.1 Å². The van der Waals surface area contributed by atoms with Crippen molar-refractivity contribution in [2.45, 2.75) is 53.2 Å². The molecule has 0 aliphatic carbocycles. The lowest BCUT2D eigenvalue weighted by Gasteiger charge is -2.20. The molecule has 0 heterocycles. The SMILES string of the molecule is CCC(CNCC(C)C)OC(C)C. The summed E-state index contributed by atoms with van der Waals surface area (Å²) in [6.45, 7) is 12.8. The van der Waals surface area contributed by atoms with Crippen molar-refractivity contribution < 1.29 is 4.74 Å². The summed E-state index contributed by atoms with van der Waals surface area (Å²) >= 11 is 0. The van der Waals surface area contributed by atoms with E-state index in [4.69, 9.17) is 4.74 Å². The summed E-state index contributed by atoms with van der Waals surface area (Å²) in [4.78, 5) is 0. The molecule has 0 radical (unpaired) electrons. The van der Waals surface area contributed by atoms with E-state index in [0.717, 1.165) is 25.4 Å². The van der Waals surface area contributed by atoms with Crippen molar-refractivity contribution in [2.75, 3.05) is 13.1 Å². The molecule has 0 saturated carbocycles. The minimum absolute atomic E-state index is 0.339. The average molecular weight is 187 g/mol. The highest BCUT2D eigenvalue weighted by Gasteiger charge is 2.07. The van der Waals surface area contributed by atoms with Gasteiger partial charge in [0.2, 0.25) is 0 Å². The number of ether oxygens (including phenoxy) is 1. The molecule has 0 aromatic carbocycles. The molecule has 0 fully saturated rings. The molecule has 0 saturated heterocycles. The zero-order valence-corrected chi connectivity index (χ0v) is 9.76. The second kappa shape index (κ2) is 7.34. The van der Waals surface area contributed by atoms with Crippen molar-refractivity contribution in [3.8, 4) is 0 Å². The van der Waals surface area contributed by atoms with Gasteiger partial charge in [-0.3, -0.25) is 0 Å². The molecule has 0 aliphatic heterocycles. The third-order valence-electron chi connectivity index (χ3n) is 1.84. The first-order valence-electron chi connectivity index (χ1n) is 5.42. The number of rotatable bonds is 7. The van der Waals surface area contributed by atoms with Gasteiger partial charge in [-0.2, -0.15) is 0 Å². The van der Waals surface area contributed by atoms with Gasteiger partial charge in [0.05, 0.1) is 12.2 Å². The van der Waals surface area contributed by atoms with Crippen molar-refractivity contribution in [3.63, 3.8) is 0 Å². The van der Waals surface area contributed by atoms with Gasteiger partial charge in [0.1, 0.15) is 0 Å². The van der Waals surface area contributed by atoms with E-state index in [-0.39, 0.29) is 0 Å². The summed E-state index contributed by atoms with van der Waals surface area (Å²) < 4.78 is 5.72. The van der Waals surface area contributed by atoms with Crippen LogP contribution in [-0.4, -0.2) is 25.3 Å². The Morgan fingerprint density at radius 1 is 1.08 bits per heavy atom. The summed E-state index contributed by atoms with van der Waals surface area (Å²) in [5.41, 5.74) is 0. The Kier molecular flexibility index (Phi) is 7.29. The van der Waals surface area contributed by atoms with E-state index in [2.05, 4.69) is 39.9 Å². The maximum absolute atomic E-state index is 5.72. The fraction of sp³-hybridized carbons (Fsp3) is 1.00. The van der Waals surface area contributed by atoms with Gasteiger partial charge in [-0.05, 0) is 32.7 Å². The number of nitrogens with one attached hydrogen (secondary N) is 1. The van der Waals surface area contributed by atoms with Gasteiger partial charge in [0.15, 0.2) is 0 Å². The number of hydrogen-bond donors (Lipinski definition) is 1. The topological polar surface area (TPSA) is 21.3 Å². The van der Waals surface area contributed by atoms with Crippen LogP contribution in [0.5, 0.6) is 0 Å². The average Bonchev–Trinajstić information content (AvgIpc) is 2.01. The highest BCUT2D eigenvalue weighted by molar-refractivity contribution is 4.61. The summed E-state index contributed by atoms with van der Waals surface area (Å²) in [5, 5.41) is 3.42. The highest BCUT2D eigenvalue weighted by Crippen LogP contribution is 2.01. The van der Waals surface area contributed by atoms with Gasteiger partial charge in [-0.25, -0.2) is 0 Å². The smallest absolute Gasteiger partial charge is 0.0700 e. The van der Waals surface area contributed by atoms with Crippen LogP contribution in [0.2, 0.25) is 0 Å². The maximum atomic E-state index is 5.72. The standard InChI is InChI=1S/C11H25NO/c1-6-11(13-10(4)5)8-12-7-9(2)3/h9-12H,6-8H2,1-5H3. The van der Waals surface area contributed by atoms with Gasteiger partial charge in [-0.1, -0.05) is 20.8 Å². The van der Waals surface area contributed by atoms with E-state index in [1.807, 2.05) is 0 Å². The normalized spacial score (nSPS) is 14.1. The molecule has 0 amide bonds. The van der Waals surface area contributed by atoms with Crippen molar-refractivity contribution >= 4 is 0 Å². The molecule has 0 aliphatic rings. The third-order valence-corrected chi connectivity index (χ3v) is 1.84. The molecule has 1 atom stereocenters. The molecule has 13 heavy (non-hydrogen) atoms. The second-order valence-electron chi connectivity index (χ2n) is 4.27. The Morgan fingerprint density at radius 2 is 1.69 bits per heavy atom. The van der Waals surface area contributed by atoms with Crippen LogP contribution in [0.3, 0.4) is 0 Å². The minimum Gasteiger partial charge on any atom is -0.374 e. The van der Waals surface area contributed by atoms with E-state index in [1.54, 1.807) is 0 Å². The fourth-order valence-electron chi connectivity index (χ4n) is 1.21. The number of hydrogen-bond acceptors (Lipinski definition) is 2.